The fourth-order valence-electron chi connectivity index (χ4n) is 2.49. The zero-order chi connectivity index (χ0) is 13.0. The zero-order valence-electron chi connectivity index (χ0n) is 10.8. The van der Waals surface area contributed by atoms with Crippen LogP contribution in [0.1, 0.15) is 49.3 Å². The molecule has 1 saturated carbocycles. The van der Waals surface area contributed by atoms with E-state index in [1.54, 1.807) is 0 Å². The van der Waals surface area contributed by atoms with E-state index in [1.807, 2.05) is 18.2 Å². The Balaban J connectivity index is 1.94. The first-order valence-electron chi connectivity index (χ1n) is 6.82. The molecule has 1 aliphatic rings. The molecule has 1 unspecified atom stereocenters. The van der Waals surface area contributed by atoms with Crippen LogP contribution in [-0.2, 0) is 6.42 Å². The zero-order valence-corrected chi connectivity index (χ0v) is 10.8. The van der Waals surface area contributed by atoms with E-state index in [-0.39, 0.29) is 0 Å². The van der Waals surface area contributed by atoms with Gasteiger partial charge in [0.1, 0.15) is 0 Å². The van der Waals surface area contributed by atoms with Crippen LogP contribution in [0.3, 0.4) is 0 Å². The lowest BCUT2D eigenvalue weighted by Gasteiger charge is -2.36. The van der Waals surface area contributed by atoms with E-state index >= 15 is 0 Å². The minimum absolute atomic E-state index is 0.425. The molecule has 1 aliphatic carbocycles. The first-order chi connectivity index (χ1) is 8.63. The SMILES string of the molecule is NCCC(O)c1cccc(CCC2(O)CCC2)c1. The molecule has 0 saturated heterocycles. The molecule has 0 aromatic heterocycles. The molecule has 3 nitrogen and oxygen atoms in total. The summed E-state index contributed by atoms with van der Waals surface area (Å²) in [6, 6.07) is 7.99. The van der Waals surface area contributed by atoms with Gasteiger partial charge in [-0.1, -0.05) is 24.3 Å². The van der Waals surface area contributed by atoms with Gasteiger partial charge in [0, 0.05) is 0 Å². The highest BCUT2D eigenvalue weighted by molar-refractivity contribution is 5.25. The van der Waals surface area contributed by atoms with Gasteiger partial charge in [0.2, 0.25) is 0 Å². The fraction of sp³-hybridized carbons (Fsp3) is 0.600. The second kappa shape index (κ2) is 5.83. The van der Waals surface area contributed by atoms with Crippen LogP contribution in [0, 0.1) is 0 Å². The van der Waals surface area contributed by atoms with Crippen molar-refractivity contribution in [1.82, 2.24) is 0 Å². The maximum Gasteiger partial charge on any atom is 0.0802 e. The number of hydrogen-bond acceptors (Lipinski definition) is 3. The maximum absolute atomic E-state index is 10.1. The highest BCUT2D eigenvalue weighted by Gasteiger charge is 2.33. The summed E-state index contributed by atoms with van der Waals surface area (Å²) < 4.78 is 0. The highest BCUT2D eigenvalue weighted by Crippen LogP contribution is 2.35. The van der Waals surface area contributed by atoms with Crippen molar-refractivity contribution in [2.24, 2.45) is 5.73 Å². The summed E-state index contributed by atoms with van der Waals surface area (Å²) in [5.41, 5.74) is 7.14. The number of aliphatic hydroxyl groups is 2. The normalized spacial score (nSPS) is 19.3. The lowest BCUT2D eigenvalue weighted by molar-refractivity contribution is -0.0397. The quantitative estimate of drug-likeness (QED) is 0.721. The molecule has 0 amide bonds. The minimum atomic E-state index is -0.471. The molecule has 1 fully saturated rings. The lowest BCUT2D eigenvalue weighted by atomic mass is 9.76. The highest BCUT2D eigenvalue weighted by atomic mass is 16.3. The summed E-state index contributed by atoms with van der Waals surface area (Å²) in [6.07, 6.45) is 4.83. The van der Waals surface area contributed by atoms with E-state index < -0.39 is 11.7 Å². The van der Waals surface area contributed by atoms with Gasteiger partial charge in [0.25, 0.3) is 0 Å². The molecule has 0 bridgehead atoms. The predicted octanol–water partition coefficient (Wildman–Crippen LogP) is 1.92. The van der Waals surface area contributed by atoms with E-state index in [0.717, 1.165) is 37.7 Å². The molecule has 0 radical (unpaired) electrons. The van der Waals surface area contributed by atoms with Gasteiger partial charge in [-0.25, -0.2) is 0 Å². The van der Waals surface area contributed by atoms with Crippen molar-refractivity contribution in [3.8, 4) is 0 Å². The third-order valence-electron chi connectivity index (χ3n) is 3.94. The van der Waals surface area contributed by atoms with Gasteiger partial charge in [-0.15, -0.1) is 0 Å². The number of aryl methyl sites for hydroxylation is 1. The number of nitrogens with two attached hydrogens (primary N) is 1. The van der Waals surface area contributed by atoms with Gasteiger partial charge >= 0.3 is 0 Å². The second-order valence-electron chi connectivity index (χ2n) is 5.42. The van der Waals surface area contributed by atoms with Gasteiger partial charge in [-0.2, -0.15) is 0 Å². The first kappa shape index (κ1) is 13.5. The summed E-state index contributed by atoms with van der Waals surface area (Å²) in [6.45, 7) is 0.491. The molecule has 0 heterocycles. The number of benzene rings is 1. The second-order valence-corrected chi connectivity index (χ2v) is 5.42. The van der Waals surface area contributed by atoms with E-state index in [0.29, 0.717) is 13.0 Å². The Kier molecular flexibility index (Phi) is 4.38. The molecule has 1 atom stereocenters. The summed E-state index contributed by atoms with van der Waals surface area (Å²) in [7, 11) is 0. The van der Waals surface area contributed by atoms with Crippen LogP contribution in [0.25, 0.3) is 0 Å². The van der Waals surface area contributed by atoms with Crippen molar-refractivity contribution in [3.05, 3.63) is 35.4 Å². The Morgan fingerprint density at radius 2 is 2.11 bits per heavy atom. The molecule has 4 N–H and O–H groups in total. The monoisotopic (exact) mass is 249 g/mol. The molecule has 100 valence electrons. The molecule has 0 spiro atoms. The van der Waals surface area contributed by atoms with Crippen LogP contribution in [0.5, 0.6) is 0 Å². The van der Waals surface area contributed by atoms with Crippen molar-refractivity contribution in [2.75, 3.05) is 6.54 Å². The average molecular weight is 249 g/mol. The number of aliphatic hydroxyl groups excluding tert-OH is 1. The Bertz CT molecular complexity index is 388. The molecule has 0 aliphatic heterocycles. The fourth-order valence-corrected chi connectivity index (χ4v) is 2.49. The summed E-state index contributed by atoms with van der Waals surface area (Å²) in [5, 5.41) is 20.0. The van der Waals surface area contributed by atoms with Gasteiger partial charge < -0.3 is 15.9 Å². The van der Waals surface area contributed by atoms with E-state index in [4.69, 9.17) is 5.73 Å². The first-order valence-corrected chi connectivity index (χ1v) is 6.82. The van der Waals surface area contributed by atoms with Crippen LogP contribution in [0.15, 0.2) is 24.3 Å². The predicted molar refractivity (Wildman–Crippen MR) is 72.2 cm³/mol. The van der Waals surface area contributed by atoms with Gasteiger partial charge in [0.15, 0.2) is 0 Å². The van der Waals surface area contributed by atoms with Crippen LogP contribution >= 0.6 is 0 Å². The largest absolute Gasteiger partial charge is 0.390 e. The van der Waals surface area contributed by atoms with Crippen LogP contribution in [-0.4, -0.2) is 22.4 Å². The molecular formula is C15H23NO2. The summed E-state index contributed by atoms with van der Waals surface area (Å²) in [4.78, 5) is 0. The third-order valence-corrected chi connectivity index (χ3v) is 3.94. The van der Waals surface area contributed by atoms with Crippen molar-refractivity contribution < 1.29 is 10.2 Å². The maximum atomic E-state index is 10.1. The number of hydrogen-bond donors (Lipinski definition) is 3. The third kappa shape index (κ3) is 3.31. The molecule has 3 heteroatoms. The van der Waals surface area contributed by atoms with Crippen molar-refractivity contribution >= 4 is 0 Å². The van der Waals surface area contributed by atoms with Gasteiger partial charge in [-0.05, 0) is 56.2 Å². The lowest BCUT2D eigenvalue weighted by Crippen LogP contribution is -2.37. The van der Waals surface area contributed by atoms with Gasteiger partial charge in [-0.3, -0.25) is 0 Å². The van der Waals surface area contributed by atoms with E-state index in [1.165, 1.54) is 5.56 Å². The number of rotatable bonds is 6. The standard InChI is InChI=1S/C15H23NO2/c16-10-6-14(17)13-4-1-3-12(11-13)5-9-15(18)7-2-8-15/h1,3-4,11,14,17-18H,2,5-10,16H2. The Morgan fingerprint density at radius 3 is 2.72 bits per heavy atom. The molecule has 1 aromatic carbocycles. The Hall–Kier alpha value is -0.900. The van der Waals surface area contributed by atoms with E-state index in [9.17, 15) is 10.2 Å². The van der Waals surface area contributed by atoms with Crippen molar-refractivity contribution in [3.63, 3.8) is 0 Å². The van der Waals surface area contributed by atoms with Crippen LogP contribution in [0.2, 0.25) is 0 Å². The molecule has 1 aromatic rings. The summed E-state index contributed by atoms with van der Waals surface area (Å²) in [5.74, 6) is 0. The van der Waals surface area contributed by atoms with Crippen molar-refractivity contribution in [2.45, 2.75) is 50.2 Å². The minimum Gasteiger partial charge on any atom is -0.390 e. The Morgan fingerprint density at radius 1 is 1.33 bits per heavy atom. The Labute approximate surface area is 109 Å². The van der Waals surface area contributed by atoms with E-state index in [2.05, 4.69) is 6.07 Å². The average Bonchev–Trinajstić information content (AvgIpc) is 2.35. The molecule has 2 rings (SSSR count). The molecular weight excluding hydrogens is 226 g/mol. The topological polar surface area (TPSA) is 66.5 Å². The van der Waals surface area contributed by atoms with Gasteiger partial charge in [0.05, 0.1) is 11.7 Å². The van der Waals surface area contributed by atoms with Crippen LogP contribution < -0.4 is 5.73 Å². The smallest absolute Gasteiger partial charge is 0.0802 e. The van der Waals surface area contributed by atoms with Crippen LogP contribution in [0.4, 0.5) is 0 Å². The summed E-state index contributed by atoms with van der Waals surface area (Å²) >= 11 is 0. The van der Waals surface area contributed by atoms with Crippen molar-refractivity contribution in [1.29, 1.82) is 0 Å². The molecule has 18 heavy (non-hydrogen) atoms.